The number of rotatable bonds is 5. The molecule has 2 saturated heterocycles. The lowest BCUT2D eigenvalue weighted by atomic mass is 9.93. The summed E-state index contributed by atoms with van der Waals surface area (Å²) in [4.78, 5) is 28.2. The van der Waals surface area contributed by atoms with Gasteiger partial charge in [-0.2, -0.15) is 0 Å². The molecule has 136 valence electrons. The van der Waals surface area contributed by atoms with Gasteiger partial charge in [0.15, 0.2) is 0 Å². The lowest BCUT2D eigenvalue weighted by molar-refractivity contribution is 0.0687. The summed E-state index contributed by atoms with van der Waals surface area (Å²) < 4.78 is 0. The lowest BCUT2D eigenvalue weighted by Gasteiger charge is -2.32. The van der Waals surface area contributed by atoms with Crippen molar-refractivity contribution in [2.24, 2.45) is 5.92 Å². The van der Waals surface area contributed by atoms with Gasteiger partial charge in [0.2, 0.25) is 0 Å². The Morgan fingerprint density at radius 3 is 2.72 bits per heavy atom. The molecular formula is C18H25ClN4O2. The number of piperidine rings is 1. The number of likely N-dealkylation sites (tertiary alicyclic amines) is 1. The summed E-state index contributed by atoms with van der Waals surface area (Å²) in [7, 11) is 1.97. The number of hydrogen-bond acceptors (Lipinski definition) is 3. The number of urea groups is 1. The maximum absolute atomic E-state index is 12.8. The first-order valence-corrected chi connectivity index (χ1v) is 9.26. The van der Waals surface area contributed by atoms with Crippen molar-refractivity contribution in [3.63, 3.8) is 0 Å². The molecule has 0 bridgehead atoms. The summed E-state index contributed by atoms with van der Waals surface area (Å²) in [5.41, 5.74) is 1.19. The number of carbonyl (C=O) groups excluding carboxylic acids is 2. The van der Waals surface area contributed by atoms with E-state index < -0.39 is 0 Å². The summed E-state index contributed by atoms with van der Waals surface area (Å²) in [6, 6.07) is 5.02. The van der Waals surface area contributed by atoms with E-state index in [9.17, 15) is 9.59 Å². The molecule has 3 rings (SSSR count). The van der Waals surface area contributed by atoms with E-state index in [1.165, 1.54) is 0 Å². The zero-order valence-electron chi connectivity index (χ0n) is 14.6. The Balaban J connectivity index is 1.68. The van der Waals surface area contributed by atoms with E-state index in [4.69, 9.17) is 11.6 Å². The maximum atomic E-state index is 12.8. The van der Waals surface area contributed by atoms with Crippen LogP contribution in [-0.2, 0) is 0 Å². The summed E-state index contributed by atoms with van der Waals surface area (Å²) >= 11 is 6.25. The van der Waals surface area contributed by atoms with Crippen LogP contribution in [0.15, 0.2) is 18.2 Å². The highest BCUT2D eigenvalue weighted by Crippen LogP contribution is 2.29. The largest absolute Gasteiger partial charge is 0.339 e. The molecule has 0 spiro atoms. The number of amides is 3. The van der Waals surface area contributed by atoms with E-state index >= 15 is 0 Å². The number of benzene rings is 1. The molecular weight excluding hydrogens is 340 g/mol. The third-order valence-electron chi connectivity index (χ3n) is 5.04. The first-order valence-electron chi connectivity index (χ1n) is 8.89. The Kier molecular flexibility index (Phi) is 5.81. The van der Waals surface area contributed by atoms with Crippen LogP contribution in [0.2, 0.25) is 5.02 Å². The molecule has 25 heavy (non-hydrogen) atoms. The molecule has 0 radical (unpaired) electrons. The topological polar surface area (TPSA) is 64.7 Å². The minimum atomic E-state index is -0.170. The molecule has 0 aliphatic carbocycles. The van der Waals surface area contributed by atoms with Gasteiger partial charge in [-0.3, -0.25) is 9.69 Å². The first-order chi connectivity index (χ1) is 12.1. The lowest BCUT2D eigenvalue weighted by Crippen LogP contribution is -2.39. The van der Waals surface area contributed by atoms with Crippen LogP contribution in [0.5, 0.6) is 0 Å². The van der Waals surface area contributed by atoms with Gasteiger partial charge in [-0.05, 0) is 57.0 Å². The van der Waals surface area contributed by atoms with Crippen molar-refractivity contribution in [1.29, 1.82) is 0 Å². The highest BCUT2D eigenvalue weighted by molar-refractivity contribution is 6.34. The molecule has 0 unspecified atom stereocenters. The minimum absolute atomic E-state index is 0.0181. The molecule has 0 atom stereocenters. The third-order valence-corrected chi connectivity index (χ3v) is 5.36. The fourth-order valence-corrected chi connectivity index (χ4v) is 3.73. The molecule has 2 heterocycles. The van der Waals surface area contributed by atoms with Gasteiger partial charge in [-0.15, -0.1) is 0 Å². The Morgan fingerprint density at radius 2 is 2.08 bits per heavy atom. The predicted molar refractivity (Wildman–Crippen MR) is 99.4 cm³/mol. The van der Waals surface area contributed by atoms with Crippen molar-refractivity contribution in [2.45, 2.75) is 19.3 Å². The first kappa shape index (κ1) is 18.0. The summed E-state index contributed by atoms with van der Waals surface area (Å²) in [6.45, 7) is 3.75. The van der Waals surface area contributed by atoms with Gasteiger partial charge in [0, 0.05) is 31.7 Å². The van der Waals surface area contributed by atoms with Crippen LogP contribution < -0.4 is 15.5 Å². The van der Waals surface area contributed by atoms with E-state index in [1.54, 1.807) is 23.1 Å². The smallest absolute Gasteiger partial charge is 0.322 e. The minimum Gasteiger partial charge on any atom is -0.339 e. The molecule has 2 aliphatic heterocycles. The van der Waals surface area contributed by atoms with Crippen LogP contribution in [0.3, 0.4) is 0 Å². The molecule has 1 aromatic carbocycles. The Morgan fingerprint density at radius 1 is 1.32 bits per heavy atom. The fourth-order valence-electron chi connectivity index (χ4n) is 3.51. The van der Waals surface area contributed by atoms with E-state index in [1.807, 2.05) is 11.9 Å². The second kappa shape index (κ2) is 8.06. The van der Waals surface area contributed by atoms with Crippen molar-refractivity contribution >= 4 is 29.2 Å². The standard InChI is InChI=1S/C18H25ClN4O2/c1-20-7-4-13-5-9-22(10-6-13)17(24)14-2-3-15(19)16(12-14)23-11-8-21-18(23)25/h2-3,12-13,20H,4-11H2,1H3,(H,21,25). The number of anilines is 1. The Bertz CT molecular complexity index is 644. The number of nitrogens with zero attached hydrogens (tertiary/aromatic N) is 2. The van der Waals surface area contributed by atoms with Gasteiger partial charge in [0.05, 0.1) is 10.7 Å². The van der Waals surface area contributed by atoms with E-state index in [-0.39, 0.29) is 11.9 Å². The van der Waals surface area contributed by atoms with Crippen LogP contribution in [0.4, 0.5) is 10.5 Å². The monoisotopic (exact) mass is 364 g/mol. The quantitative estimate of drug-likeness (QED) is 0.842. The molecule has 0 saturated carbocycles. The van der Waals surface area contributed by atoms with Gasteiger partial charge >= 0.3 is 6.03 Å². The van der Waals surface area contributed by atoms with Crippen LogP contribution in [0.25, 0.3) is 0 Å². The van der Waals surface area contributed by atoms with Gasteiger partial charge < -0.3 is 15.5 Å². The van der Waals surface area contributed by atoms with E-state index in [0.29, 0.717) is 35.3 Å². The van der Waals surface area contributed by atoms with Gasteiger partial charge in [-0.25, -0.2) is 4.79 Å². The molecule has 2 fully saturated rings. The normalized spacial score (nSPS) is 18.6. The molecule has 6 nitrogen and oxygen atoms in total. The number of carbonyl (C=O) groups is 2. The predicted octanol–water partition coefficient (Wildman–Crippen LogP) is 2.33. The molecule has 2 N–H and O–H groups in total. The molecule has 3 amide bonds. The zero-order valence-corrected chi connectivity index (χ0v) is 15.3. The van der Waals surface area contributed by atoms with Gasteiger partial charge in [-0.1, -0.05) is 11.6 Å². The average molecular weight is 365 g/mol. The maximum Gasteiger partial charge on any atom is 0.322 e. The van der Waals surface area contributed by atoms with Gasteiger partial charge in [0.25, 0.3) is 5.91 Å². The number of hydrogen-bond donors (Lipinski definition) is 2. The summed E-state index contributed by atoms with van der Waals surface area (Å²) in [5, 5.41) is 6.43. The fraction of sp³-hybridized carbons (Fsp3) is 0.556. The summed E-state index contributed by atoms with van der Waals surface area (Å²) in [5.74, 6) is 0.704. The van der Waals surface area contributed by atoms with Gasteiger partial charge in [0.1, 0.15) is 0 Å². The van der Waals surface area contributed by atoms with Crippen LogP contribution in [0.1, 0.15) is 29.6 Å². The second-order valence-corrected chi connectivity index (χ2v) is 7.08. The number of halogens is 1. The van der Waals surface area contributed by atoms with Crippen molar-refractivity contribution in [3.8, 4) is 0 Å². The Labute approximate surface area is 153 Å². The molecule has 2 aliphatic rings. The Hall–Kier alpha value is -1.79. The SMILES string of the molecule is CNCCC1CCN(C(=O)c2ccc(Cl)c(N3CCNC3=O)c2)CC1. The van der Waals surface area contributed by atoms with Crippen LogP contribution in [-0.4, -0.2) is 56.6 Å². The van der Waals surface area contributed by atoms with Crippen LogP contribution in [0, 0.1) is 5.92 Å². The highest BCUT2D eigenvalue weighted by Gasteiger charge is 2.27. The molecule has 1 aromatic rings. The van der Waals surface area contributed by atoms with E-state index in [2.05, 4.69) is 10.6 Å². The van der Waals surface area contributed by atoms with Crippen LogP contribution >= 0.6 is 11.6 Å². The summed E-state index contributed by atoms with van der Waals surface area (Å²) in [6.07, 6.45) is 3.25. The van der Waals surface area contributed by atoms with Crippen molar-refractivity contribution in [1.82, 2.24) is 15.5 Å². The van der Waals surface area contributed by atoms with Crippen molar-refractivity contribution < 1.29 is 9.59 Å². The third kappa shape index (κ3) is 4.07. The number of nitrogens with one attached hydrogen (secondary N) is 2. The average Bonchev–Trinajstić information content (AvgIpc) is 3.06. The molecule has 7 heteroatoms. The molecule has 0 aromatic heterocycles. The van der Waals surface area contributed by atoms with Crippen molar-refractivity contribution in [3.05, 3.63) is 28.8 Å². The van der Waals surface area contributed by atoms with E-state index in [0.717, 1.165) is 38.9 Å². The zero-order chi connectivity index (χ0) is 17.8. The highest BCUT2D eigenvalue weighted by atomic mass is 35.5. The van der Waals surface area contributed by atoms with Crippen molar-refractivity contribution in [2.75, 3.05) is 44.7 Å². The second-order valence-electron chi connectivity index (χ2n) is 6.68.